The van der Waals surface area contributed by atoms with Crippen LogP contribution >= 0.6 is 0 Å². The van der Waals surface area contributed by atoms with Crippen LogP contribution in [0.3, 0.4) is 0 Å². The van der Waals surface area contributed by atoms with Gasteiger partial charge < -0.3 is 30.3 Å². The minimum Gasteiger partial charge on any atom is -0.381 e. The summed E-state index contributed by atoms with van der Waals surface area (Å²) in [4.78, 5) is 84.6. The predicted octanol–water partition coefficient (Wildman–Crippen LogP) is 9.16. The van der Waals surface area contributed by atoms with Gasteiger partial charge in [0.1, 0.15) is 11.9 Å². The number of aromatic nitrogens is 3. The van der Waals surface area contributed by atoms with E-state index >= 15 is 0 Å². The fourth-order valence-corrected chi connectivity index (χ4v) is 9.92. The van der Waals surface area contributed by atoms with Crippen molar-refractivity contribution in [2.24, 2.45) is 0 Å². The van der Waals surface area contributed by atoms with E-state index in [2.05, 4.69) is 61.4 Å². The third-order valence-corrected chi connectivity index (χ3v) is 14.3. The smallest absolute Gasteiger partial charge is 0.264 e. The fraction of sp³-hybridized carbons (Fsp3) is 0.433. The van der Waals surface area contributed by atoms with Crippen LogP contribution in [-0.2, 0) is 32.0 Å². The lowest BCUT2D eigenvalue weighted by Gasteiger charge is -2.34. The van der Waals surface area contributed by atoms with Gasteiger partial charge >= 0.3 is 0 Å². The van der Waals surface area contributed by atoms with Crippen molar-refractivity contribution in [2.75, 3.05) is 69.8 Å². The number of rotatable bonds is 28. The lowest BCUT2D eigenvalue weighted by Crippen LogP contribution is -2.51. The number of nitrogens with zero attached hydrogens (tertiary/aromatic N) is 6. The number of anilines is 2. The molecule has 400 valence electrons. The molecule has 1 unspecified atom stereocenters. The number of pyridine rings is 1. The number of piperazine rings is 1. The topological polar surface area (TPSA) is 188 Å². The molecule has 3 N–H and O–H groups in total. The van der Waals surface area contributed by atoms with Gasteiger partial charge in [-0.3, -0.25) is 38.8 Å². The molecule has 3 aliphatic rings. The first kappa shape index (κ1) is 55.3. The number of imide groups is 1. The van der Waals surface area contributed by atoms with Gasteiger partial charge in [-0.05, 0) is 143 Å². The Bertz CT molecular complexity index is 2780. The van der Waals surface area contributed by atoms with Crippen LogP contribution < -0.4 is 16.0 Å². The zero-order valence-corrected chi connectivity index (χ0v) is 44.0. The van der Waals surface area contributed by atoms with Crippen LogP contribution in [0.4, 0.5) is 11.4 Å². The highest BCUT2D eigenvalue weighted by atomic mass is 16.5. The highest BCUT2D eigenvalue weighted by Gasteiger charge is 2.45. The lowest BCUT2D eigenvalue weighted by atomic mass is 10.0. The van der Waals surface area contributed by atoms with Crippen LogP contribution in [0.25, 0.3) is 11.3 Å². The zero-order valence-electron chi connectivity index (χ0n) is 44.0. The van der Waals surface area contributed by atoms with Crippen molar-refractivity contribution in [1.82, 2.24) is 35.0 Å². The van der Waals surface area contributed by atoms with Crippen LogP contribution in [0.15, 0.2) is 110 Å². The summed E-state index contributed by atoms with van der Waals surface area (Å²) in [5.74, 6) is -1.18. The summed E-state index contributed by atoms with van der Waals surface area (Å²) in [6, 6.07) is 23.6. The van der Waals surface area contributed by atoms with Gasteiger partial charge in [-0.2, -0.15) is 0 Å². The van der Waals surface area contributed by atoms with Crippen molar-refractivity contribution in [2.45, 2.75) is 109 Å². The first-order valence-corrected chi connectivity index (χ1v) is 27.2. The molecule has 2 fully saturated rings. The summed E-state index contributed by atoms with van der Waals surface area (Å²) in [5, 5.41) is 8.53. The maximum Gasteiger partial charge on any atom is 0.264 e. The number of hydrogen-bond donors (Lipinski definition) is 3. The second kappa shape index (κ2) is 28.2. The number of ether oxygens (including phenoxy) is 2. The molecule has 16 nitrogen and oxygen atoms in total. The molecule has 0 bridgehead atoms. The Morgan fingerprint density at radius 3 is 2.18 bits per heavy atom. The molecule has 2 aromatic heterocycles. The number of benzene rings is 3. The first-order valence-electron chi connectivity index (χ1n) is 27.2. The molecule has 0 saturated carbocycles. The van der Waals surface area contributed by atoms with Crippen molar-refractivity contribution in [3.63, 3.8) is 0 Å². The number of aryl methyl sites for hydroxylation is 1. The number of fused-ring (bicyclic) bond motifs is 1. The van der Waals surface area contributed by atoms with Crippen molar-refractivity contribution in [3.05, 3.63) is 149 Å². The molecular weight excluding hydrogens is 959 g/mol. The van der Waals surface area contributed by atoms with Crippen LogP contribution in [0.1, 0.15) is 137 Å². The average Bonchev–Trinajstić information content (AvgIpc) is 3.68. The Morgan fingerprint density at radius 1 is 0.750 bits per heavy atom. The first-order chi connectivity index (χ1) is 37.1. The van der Waals surface area contributed by atoms with Gasteiger partial charge in [0.2, 0.25) is 11.8 Å². The van der Waals surface area contributed by atoms with E-state index in [1.165, 1.54) is 24.8 Å². The fourth-order valence-electron chi connectivity index (χ4n) is 9.92. The number of allylic oxidation sites excluding steroid dienone is 1. The summed E-state index contributed by atoms with van der Waals surface area (Å²) >= 11 is 0. The third kappa shape index (κ3) is 15.8. The Morgan fingerprint density at radius 2 is 1.46 bits per heavy atom. The Kier molecular flexibility index (Phi) is 20.5. The van der Waals surface area contributed by atoms with Gasteiger partial charge in [-0.25, -0.2) is 9.97 Å². The maximum absolute atomic E-state index is 13.3. The summed E-state index contributed by atoms with van der Waals surface area (Å²) in [6.07, 6.45) is 17.1. The lowest BCUT2D eigenvalue weighted by molar-refractivity contribution is -0.125. The molecule has 3 aliphatic heterocycles. The molecule has 5 heterocycles. The van der Waals surface area contributed by atoms with E-state index in [-0.39, 0.29) is 35.0 Å². The molecule has 2 saturated heterocycles. The van der Waals surface area contributed by atoms with Gasteiger partial charge in [0.25, 0.3) is 17.7 Å². The van der Waals surface area contributed by atoms with E-state index < -0.39 is 23.8 Å². The number of hydrogen-bond acceptors (Lipinski definition) is 12. The second-order valence-corrected chi connectivity index (χ2v) is 20.1. The number of carbonyl (C=O) groups is 5. The van der Waals surface area contributed by atoms with Crippen LogP contribution in [-0.4, -0.2) is 124 Å². The third-order valence-electron chi connectivity index (χ3n) is 14.3. The van der Waals surface area contributed by atoms with Gasteiger partial charge in [0, 0.05) is 113 Å². The Hall–Kier alpha value is -6.98. The number of unbranched alkanes of at least 4 members (excludes halogenated alkanes) is 7. The van der Waals surface area contributed by atoms with Crippen molar-refractivity contribution in [3.8, 4) is 11.3 Å². The van der Waals surface area contributed by atoms with Gasteiger partial charge in [0.15, 0.2) is 0 Å². The minimum absolute atomic E-state index is 0.133. The molecular formula is C60H73N9O7. The van der Waals surface area contributed by atoms with Crippen molar-refractivity contribution >= 4 is 40.9 Å². The second-order valence-electron chi connectivity index (χ2n) is 20.1. The summed E-state index contributed by atoms with van der Waals surface area (Å²) in [6.45, 7) is 15.0. The number of nitrogens with one attached hydrogen (secondary N) is 3. The predicted molar refractivity (Wildman–Crippen MR) is 294 cm³/mol. The zero-order chi connectivity index (χ0) is 53.1. The van der Waals surface area contributed by atoms with E-state index in [1.807, 2.05) is 48.5 Å². The molecule has 76 heavy (non-hydrogen) atoms. The Balaban J connectivity index is 0.594. The molecule has 0 aliphatic carbocycles. The van der Waals surface area contributed by atoms with E-state index in [0.717, 1.165) is 124 Å². The van der Waals surface area contributed by atoms with Crippen LogP contribution in [0.2, 0.25) is 0 Å². The molecule has 5 amide bonds. The SMILES string of the molecule is C=C1CCC(N2C(=O)c3cccc(NC(=O)CCCCCOCCCCCOCCCCCCN4CCN(Cc5ccc(C(=O)Nc6ccc(C)c(Cc7nccc(-c8cccnc8)n7)c6)cc5)CC4)c3C2=O)C(=O)N1. The number of carbonyl (C=O) groups excluding carboxylic acids is 5. The van der Waals surface area contributed by atoms with Crippen molar-refractivity contribution in [1.29, 1.82) is 0 Å². The maximum atomic E-state index is 13.3. The van der Waals surface area contributed by atoms with Gasteiger partial charge in [-0.15, -0.1) is 0 Å². The quantitative estimate of drug-likeness (QED) is 0.0319. The molecule has 1 atom stereocenters. The highest BCUT2D eigenvalue weighted by Crippen LogP contribution is 2.33. The van der Waals surface area contributed by atoms with E-state index in [4.69, 9.17) is 14.5 Å². The van der Waals surface area contributed by atoms with E-state index in [0.29, 0.717) is 56.0 Å². The summed E-state index contributed by atoms with van der Waals surface area (Å²) < 4.78 is 11.7. The molecule has 0 radical (unpaired) electrons. The molecule has 5 aromatic rings. The number of amides is 5. The van der Waals surface area contributed by atoms with Gasteiger partial charge in [0.05, 0.1) is 22.5 Å². The number of piperidine rings is 1. The summed E-state index contributed by atoms with van der Waals surface area (Å²) in [5.41, 5.74) is 7.70. The summed E-state index contributed by atoms with van der Waals surface area (Å²) in [7, 11) is 0. The standard InChI is InChI=1S/C60H73N9O7/c1-43-19-25-49(39-48(43)40-54-62-29-27-51(65-54)47-15-14-28-61-41-47)64-57(71)46-23-21-45(22-24-46)42-68-33-31-67(32-34-68)30-8-3-4-9-35-75-37-11-6-12-38-76-36-10-5-7-18-55(70)66-52-17-13-16-50-56(52)60(74)69(59(50)73)53-26-20-44(2)63-58(53)72/h13-17,19,21-25,27-29,39,41,53H,2-12,18,20,26,30-38,40,42H2,1H3,(H,63,72)(H,64,71)(H,66,70). The Labute approximate surface area is 447 Å². The monoisotopic (exact) mass is 1030 g/mol. The normalized spacial score (nSPS) is 16.0. The van der Waals surface area contributed by atoms with Crippen molar-refractivity contribution < 1.29 is 33.4 Å². The average molecular weight is 1030 g/mol. The van der Waals surface area contributed by atoms with Gasteiger partial charge in [-0.1, -0.05) is 50.1 Å². The molecule has 16 heteroatoms. The largest absolute Gasteiger partial charge is 0.381 e. The van der Waals surface area contributed by atoms with E-state index in [9.17, 15) is 24.0 Å². The van der Waals surface area contributed by atoms with Crippen LogP contribution in [0.5, 0.6) is 0 Å². The molecule has 0 spiro atoms. The minimum atomic E-state index is -0.905. The highest BCUT2D eigenvalue weighted by molar-refractivity contribution is 6.25. The van der Waals surface area contributed by atoms with E-state index in [1.54, 1.807) is 36.8 Å². The molecule has 8 rings (SSSR count). The molecule has 3 aromatic carbocycles. The van der Waals surface area contributed by atoms with Crippen LogP contribution in [0, 0.1) is 6.92 Å².